The topological polar surface area (TPSA) is 309 Å². The third-order valence-corrected chi connectivity index (χ3v) is 8.08. The lowest BCUT2D eigenvalue weighted by Crippen LogP contribution is -2.71. The second-order valence-electron chi connectivity index (χ2n) is 11.0. The Hall–Kier alpha value is -1.13. The van der Waals surface area contributed by atoms with Crippen molar-refractivity contribution in [3.8, 4) is 0 Å². The van der Waals surface area contributed by atoms with Gasteiger partial charge in [0.1, 0.15) is 36.6 Å². The quantitative estimate of drug-likeness (QED) is 0.0929. The molecule has 3 aliphatic rings. The first-order valence-corrected chi connectivity index (χ1v) is 13.9. The van der Waals surface area contributed by atoms with E-state index in [-0.39, 0.29) is 32.5 Å². The molecule has 0 aromatic carbocycles. The van der Waals surface area contributed by atoms with Gasteiger partial charge < -0.3 is 82.9 Å². The van der Waals surface area contributed by atoms with E-state index < -0.39 is 104 Å². The molecule has 41 heavy (non-hydrogen) atoms. The van der Waals surface area contributed by atoms with Crippen LogP contribution in [0.1, 0.15) is 19.3 Å². The van der Waals surface area contributed by atoms with Gasteiger partial charge in [0.25, 0.3) is 0 Å². The third kappa shape index (κ3) is 8.08. The van der Waals surface area contributed by atoms with Crippen LogP contribution in [0.15, 0.2) is 0 Å². The maximum atomic E-state index is 12.5. The van der Waals surface area contributed by atoms with Gasteiger partial charge in [-0.15, -0.1) is 0 Å². The molecule has 1 aliphatic carbocycles. The molecular formula is C24H47N5O12. The Kier molecular flexibility index (Phi) is 13.0. The zero-order chi connectivity index (χ0) is 30.4. The molecule has 0 spiro atoms. The highest BCUT2D eigenvalue weighted by Gasteiger charge is 2.55. The van der Waals surface area contributed by atoms with Crippen LogP contribution < -0.4 is 27.8 Å². The molecule has 17 nitrogen and oxygen atoms in total. The molecule has 0 radical (unpaired) electrons. The maximum Gasteiger partial charge on any atom is 0.250 e. The van der Waals surface area contributed by atoms with Crippen molar-refractivity contribution in [1.29, 1.82) is 0 Å². The fraction of sp³-hybridized carbons (Fsp3) is 0.958. The van der Waals surface area contributed by atoms with E-state index in [0.29, 0.717) is 13.0 Å². The van der Waals surface area contributed by atoms with Crippen molar-refractivity contribution >= 4 is 5.91 Å². The highest BCUT2D eigenvalue weighted by molar-refractivity contribution is 5.81. The number of rotatable bonds is 12. The number of nitrogens with one attached hydrogen (secondary N) is 2. The third-order valence-electron chi connectivity index (χ3n) is 8.08. The normalized spacial score (nSPS) is 44.4. The lowest BCUT2D eigenvalue weighted by Gasteiger charge is -2.52. The van der Waals surface area contributed by atoms with Crippen LogP contribution in [0.25, 0.3) is 0 Å². The van der Waals surface area contributed by atoms with Crippen LogP contribution in [-0.2, 0) is 19.0 Å². The molecule has 15 atom stereocenters. The molecule has 0 aromatic heterocycles. The SMILES string of the molecule is NC[C@H](O)C(=O)N[C@@H]1C[C@H](N)C([C@H]2O[C@H](CNCCCO)[C@@H](O)[C@H](O)[C@H]2N)[C@H](O)[C@H]1O[C@H]1O[C@H](CO)[C@@H](O)C[C@H]1O. The summed E-state index contributed by atoms with van der Waals surface area (Å²) >= 11 is 0. The van der Waals surface area contributed by atoms with Gasteiger partial charge in [0.15, 0.2) is 6.29 Å². The minimum absolute atomic E-state index is 0.0328. The van der Waals surface area contributed by atoms with Crippen molar-refractivity contribution in [2.45, 2.75) is 105 Å². The number of ether oxygens (including phenoxy) is 3. The zero-order valence-corrected chi connectivity index (χ0v) is 22.8. The Morgan fingerprint density at radius 2 is 1.68 bits per heavy atom. The second kappa shape index (κ2) is 15.6. The average Bonchev–Trinajstić information content (AvgIpc) is 2.94. The molecule has 0 aromatic rings. The Bertz CT molecular complexity index is 819. The molecule has 1 saturated carbocycles. The zero-order valence-electron chi connectivity index (χ0n) is 22.8. The number of hydrogen-bond donors (Lipinski definition) is 13. The molecule has 3 fully saturated rings. The fourth-order valence-corrected chi connectivity index (χ4v) is 5.72. The monoisotopic (exact) mass is 597 g/mol. The molecule has 0 bridgehead atoms. The summed E-state index contributed by atoms with van der Waals surface area (Å²) in [5.41, 5.74) is 18.1. The predicted molar refractivity (Wildman–Crippen MR) is 140 cm³/mol. The van der Waals surface area contributed by atoms with Gasteiger partial charge in [-0.3, -0.25) is 4.79 Å². The summed E-state index contributed by atoms with van der Waals surface area (Å²) in [6.07, 6.45) is -14.1. The summed E-state index contributed by atoms with van der Waals surface area (Å²) < 4.78 is 17.6. The van der Waals surface area contributed by atoms with Crippen molar-refractivity contribution in [1.82, 2.24) is 10.6 Å². The van der Waals surface area contributed by atoms with Crippen LogP contribution in [0.3, 0.4) is 0 Å². The van der Waals surface area contributed by atoms with E-state index in [1.165, 1.54) is 0 Å². The molecule has 1 amide bonds. The van der Waals surface area contributed by atoms with Crippen LogP contribution in [0.5, 0.6) is 0 Å². The summed E-state index contributed by atoms with van der Waals surface area (Å²) in [4.78, 5) is 12.5. The summed E-state index contributed by atoms with van der Waals surface area (Å²) in [6.45, 7) is -0.474. The molecule has 1 unspecified atom stereocenters. The van der Waals surface area contributed by atoms with Crippen molar-refractivity contribution in [2.75, 3.05) is 32.8 Å². The molecule has 2 saturated heterocycles. The van der Waals surface area contributed by atoms with Gasteiger partial charge in [-0.2, -0.15) is 0 Å². The largest absolute Gasteiger partial charge is 0.396 e. The minimum Gasteiger partial charge on any atom is -0.396 e. The highest BCUT2D eigenvalue weighted by Crippen LogP contribution is 2.37. The van der Waals surface area contributed by atoms with Crippen molar-refractivity contribution in [3.05, 3.63) is 0 Å². The molecular weight excluding hydrogens is 550 g/mol. The van der Waals surface area contributed by atoms with Gasteiger partial charge in [0.05, 0.1) is 43.1 Å². The van der Waals surface area contributed by atoms with E-state index >= 15 is 0 Å². The van der Waals surface area contributed by atoms with Gasteiger partial charge in [0, 0.05) is 38.1 Å². The van der Waals surface area contributed by atoms with E-state index in [1.807, 2.05) is 0 Å². The van der Waals surface area contributed by atoms with Crippen LogP contribution in [0.2, 0.25) is 0 Å². The molecule has 2 aliphatic heterocycles. The van der Waals surface area contributed by atoms with E-state index in [2.05, 4.69) is 10.6 Å². The average molecular weight is 598 g/mol. The van der Waals surface area contributed by atoms with Crippen molar-refractivity contribution in [2.24, 2.45) is 23.1 Å². The maximum absolute atomic E-state index is 12.5. The van der Waals surface area contributed by atoms with E-state index in [0.717, 1.165) is 0 Å². The van der Waals surface area contributed by atoms with Crippen LogP contribution in [0, 0.1) is 5.92 Å². The van der Waals surface area contributed by atoms with Crippen LogP contribution in [-0.4, -0.2) is 165 Å². The Labute approximate surface area is 237 Å². The van der Waals surface area contributed by atoms with Gasteiger partial charge in [-0.25, -0.2) is 0 Å². The van der Waals surface area contributed by atoms with Crippen LogP contribution >= 0.6 is 0 Å². The number of carbonyl (C=O) groups is 1. The smallest absolute Gasteiger partial charge is 0.250 e. The molecule has 17 heteroatoms. The number of aliphatic hydroxyl groups is 8. The van der Waals surface area contributed by atoms with Crippen molar-refractivity contribution < 1.29 is 59.9 Å². The fourth-order valence-electron chi connectivity index (χ4n) is 5.72. The first-order chi connectivity index (χ1) is 19.4. The van der Waals surface area contributed by atoms with E-state index in [4.69, 9.17) is 36.5 Å². The first kappa shape index (κ1) is 34.4. The molecule has 240 valence electrons. The Balaban J connectivity index is 1.86. The summed E-state index contributed by atoms with van der Waals surface area (Å²) in [5, 5.41) is 87.5. The standard InChI is InChI=1S/C24H47N5O12/c25-6-13(34)23(38)29-10-4-9(26)16(19(36)21(10)41-24-12(33)5-11(32)15(8-31)40-24)22-17(27)20(37)18(35)14(39-22)7-28-2-1-3-30/h9-22,24,28,30-37H,1-8,25-27H2,(H,29,38)/t9-,10+,11-,12+,13-,14+,15+,16?,17+,18+,19-,20+,21-,22+,24+/m0/s1. The number of carbonyl (C=O) groups excluding carboxylic acids is 1. The van der Waals surface area contributed by atoms with Gasteiger partial charge in [0.2, 0.25) is 5.91 Å². The van der Waals surface area contributed by atoms with E-state index in [1.54, 1.807) is 0 Å². The van der Waals surface area contributed by atoms with Gasteiger partial charge in [-0.1, -0.05) is 0 Å². The number of hydrogen-bond acceptors (Lipinski definition) is 16. The second-order valence-corrected chi connectivity index (χ2v) is 11.0. The number of amides is 1. The Morgan fingerprint density at radius 3 is 2.32 bits per heavy atom. The van der Waals surface area contributed by atoms with Gasteiger partial charge in [-0.05, 0) is 19.4 Å². The highest BCUT2D eigenvalue weighted by atomic mass is 16.7. The lowest BCUT2D eigenvalue weighted by atomic mass is 9.71. The summed E-state index contributed by atoms with van der Waals surface area (Å²) in [6, 6.07) is -3.09. The lowest BCUT2D eigenvalue weighted by molar-refractivity contribution is -0.303. The van der Waals surface area contributed by atoms with Crippen molar-refractivity contribution in [3.63, 3.8) is 0 Å². The predicted octanol–water partition coefficient (Wildman–Crippen LogP) is -7.50. The molecule has 16 N–H and O–H groups in total. The van der Waals surface area contributed by atoms with Crippen LogP contribution in [0.4, 0.5) is 0 Å². The number of nitrogens with two attached hydrogens (primary N) is 3. The Morgan fingerprint density at radius 1 is 0.976 bits per heavy atom. The molecule has 3 rings (SSSR count). The molecule has 2 heterocycles. The summed E-state index contributed by atoms with van der Waals surface area (Å²) in [7, 11) is 0. The van der Waals surface area contributed by atoms with Gasteiger partial charge >= 0.3 is 0 Å². The summed E-state index contributed by atoms with van der Waals surface area (Å²) in [5.74, 6) is -1.86. The minimum atomic E-state index is -1.56. The van der Waals surface area contributed by atoms with E-state index in [9.17, 15) is 40.5 Å². The number of aliphatic hydroxyl groups excluding tert-OH is 8. The first-order valence-electron chi connectivity index (χ1n) is 13.9.